The second-order valence-corrected chi connectivity index (χ2v) is 5.89. The van der Waals surface area contributed by atoms with Gasteiger partial charge in [0.15, 0.2) is 0 Å². The van der Waals surface area contributed by atoms with Crippen LogP contribution in [0.3, 0.4) is 0 Å². The molecule has 0 atom stereocenters. The Labute approximate surface area is 151 Å². The molecule has 4 nitrogen and oxygen atoms in total. The Bertz CT molecular complexity index is 1060. The summed E-state index contributed by atoms with van der Waals surface area (Å²) < 4.78 is 0. The lowest BCUT2D eigenvalue weighted by molar-refractivity contribution is 0.478. The standard InChI is InChI=1S/C22H17N3O/c26-21-15-10-16-6-4-5-9-20(16)22(21)23-17-11-13-19(14-12-17)25-24-18-7-2-1-3-8-18/h1-15,23,26H/b25-24+. The van der Waals surface area contributed by atoms with Gasteiger partial charge >= 0.3 is 0 Å². The molecule has 4 aromatic carbocycles. The predicted molar refractivity (Wildman–Crippen MR) is 106 cm³/mol. The molecular formula is C22H17N3O. The number of rotatable bonds is 4. The van der Waals surface area contributed by atoms with Crippen molar-refractivity contribution in [2.45, 2.75) is 0 Å². The molecule has 0 heterocycles. The normalized spacial score (nSPS) is 11.1. The minimum Gasteiger partial charge on any atom is -0.506 e. The molecule has 4 aromatic rings. The van der Waals surface area contributed by atoms with E-state index in [0.717, 1.165) is 27.8 Å². The van der Waals surface area contributed by atoms with Gasteiger partial charge in [0.25, 0.3) is 0 Å². The maximum absolute atomic E-state index is 10.2. The van der Waals surface area contributed by atoms with Crippen molar-refractivity contribution in [2.24, 2.45) is 10.2 Å². The first-order valence-electron chi connectivity index (χ1n) is 8.34. The van der Waals surface area contributed by atoms with Crippen molar-refractivity contribution in [2.75, 3.05) is 5.32 Å². The van der Waals surface area contributed by atoms with E-state index in [1.54, 1.807) is 6.07 Å². The van der Waals surface area contributed by atoms with E-state index in [1.807, 2.05) is 84.9 Å². The van der Waals surface area contributed by atoms with Gasteiger partial charge in [0, 0.05) is 11.1 Å². The first kappa shape index (κ1) is 15.8. The fourth-order valence-electron chi connectivity index (χ4n) is 2.76. The maximum Gasteiger partial charge on any atom is 0.139 e. The summed E-state index contributed by atoms with van der Waals surface area (Å²) in [4.78, 5) is 0. The molecule has 0 unspecified atom stereocenters. The van der Waals surface area contributed by atoms with E-state index in [-0.39, 0.29) is 5.75 Å². The van der Waals surface area contributed by atoms with Crippen molar-refractivity contribution in [1.29, 1.82) is 0 Å². The van der Waals surface area contributed by atoms with Crippen molar-refractivity contribution >= 4 is 33.5 Å². The molecule has 126 valence electrons. The van der Waals surface area contributed by atoms with Gasteiger partial charge in [0.2, 0.25) is 0 Å². The molecule has 0 aromatic heterocycles. The molecule has 0 saturated carbocycles. The van der Waals surface area contributed by atoms with Crippen LogP contribution < -0.4 is 5.32 Å². The van der Waals surface area contributed by atoms with E-state index in [9.17, 15) is 5.11 Å². The maximum atomic E-state index is 10.2. The zero-order chi connectivity index (χ0) is 17.8. The molecule has 0 spiro atoms. The Morgan fingerprint density at radius 2 is 1.27 bits per heavy atom. The minimum atomic E-state index is 0.219. The van der Waals surface area contributed by atoms with E-state index in [4.69, 9.17) is 0 Å². The number of azo groups is 1. The number of anilines is 2. The molecule has 0 bridgehead atoms. The molecule has 4 rings (SSSR count). The Balaban J connectivity index is 1.57. The number of nitrogens with one attached hydrogen (secondary N) is 1. The fourth-order valence-corrected chi connectivity index (χ4v) is 2.76. The zero-order valence-electron chi connectivity index (χ0n) is 14.0. The molecule has 0 aliphatic carbocycles. The molecule has 26 heavy (non-hydrogen) atoms. The molecule has 4 heteroatoms. The van der Waals surface area contributed by atoms with Crippen molar-refractivity contribution in [3.8, 4) is 5.75 Å². The highest BCUT2D eigenvalue weighted by molar-refractivity contribution is 5.98. The second-order valence-electron chi connectivity index (χ2n) is 5.89. The Hall–Kier alpha value is -3.66. The van der Waals surface area contributed by atoms with Crippen LogP contribution in [0.25, 0.3) is 10.8 Å². The zero-order valence-corrected chi connectivity index (χ0v) is 14.0. The van der Waals surface area contributed by atoms with Gasteiger partial charge in [0.05, 0.1) is 17.1 Å². The van der Waals surface area contributed by atoms with Crippen molar-refractivity contribution < 1.29 is 5.11 Å². The smallest absolute Gasteiger partial charge is 0.139 e. The molecule has 0 radical (unpaired) electrons. The first-order chi connectivity index (χ1) is 12.8. The number of nitrogens with zero attached hydrogens (tertiary/aromatic N) is 2. The van der Waals surface area contributed by atoms with Crippen molar-refractivity contribution in [3.05, 3.63) is 91.0 Å². The molecule has 0 amide bonds. The number of fused-ring (bicyclic) bond motifs is 1. The number of phenolic OH excluding ortho intramolecular Hbond substituents is 1. The van der Waals surface area contributed by atoms with Crippen LogP contribution in [0.4, 0.5) is 22.7 Å². The summed E-state index contributed by atoms with van der Waals surface area (Å²) in [6, 6.07) is 28.8. The van der Waals surface area contributed by atoms with E-state index in [2.05, 4.69) is 15.5 Å². The Kier molecular flexibility index (Phi) is 4.31. The van der Waals surface area contributed by atoms with Crippen LogP contribution in [0, 0.1) is 0 Å². The van der Waals surface area contributed by atoms with Crippen LogP contribution in [0.15, 0.2) is 101 Å². The Morgan fingerprint density at radius 3 is 2.04 bits per heavy atom. The van der Waals surface area contributed by atoms with Gasteiger partial charge < -0.3 is 10.4 Å². The highest BCUT2D eigenvalue weighted by Gasteiger charge is 2.07. The second kappa shape index (κ2) is 7.07. The molecule has 0 saturated heterocycles. The van der Waals surface area contributed by atoms with Crippen LogP contribution in [0.2, 0.25) is 0 Å². The number of aromatic hydroxyl groups is 1. The van der Waals surface area contributed by atoms with Gasteiger partial charge in [-0.25, -0.2) is 0 Å². The molecule has 2 N–H and O–H groups in total. The number of phenols is 1. The molecular weight excluding hydrogens is 322 g/mol. The third-order valence-electron chi connectivity index (χ3n) is 4.08. The largest absolute Gasteiger partial charge is 0.506 e. The quantitative estimate of drug-likeness (QED) is 0.321. The van der Waals surface area contributed by atoms with Crippen molar-refractivity contribution in [1.82, 2.24) is 0 Å². The summed E-state index contributed by atoms with van der Waals surface area (Å²) in [5, 5.41) is 24.0. The fraction of sp³-hybridized carbons (Fsp3) is 0. The summed E-state index contributed by atoms with van der Waals surface area (Å²) in [6.07, 6.45) is 0. The number of hydrogen-bond acceptors (Lipinski definition) is 4. The summed E-state index contributed by atoms with van der Waals surface area (Å²) in [5.74, 6) is 0.219. The van der Waals surface area contributed by atoms with Crippen LogP contribution in [0.5, 0.6) is 5.75 Å². The van der Waals surface area contributed by atoms with Crippen molar-refractivity contribution in [3.63, 3.8) is 0 Å². The lowest BCUT2D eigenvalue weighted by Gasteiger charge is -2.12. The third-order valence-corrected chi connectivity index (χ3v) is 4.08. The summed E-state index contributed by atoms with van der Waals surface area (Å²) in [7, 11) is 0. The first-order valence-corrected chi connectivity index (χ1v) is 8.34. The lowest BCUT2D eigenvalue weighted by Crippen LogP contribution is -1.92. The lowest BCUT2D eigenvalue weighted by atomic mass is 10.1. The highest BCUT2D eigenvalue weighted by atomic mass is 16.3. The molecule has 0 aliphatic heterocycles. The monoisotopic (exact) mass is 339 g/mol. The average molecular weight is 339 g/mol. The molecule has 0 fully saturated rings. The average Bonchev–Trinajstić information content (AvgIpc) is 2.70. The minimum absolute atomic E-state index is 0.219. The van der Waals surface area contributed by atoms with Gasteiger partial charge in [-0.3, -0.25) is 0 Å². The summed E-state index contributed by atoms with van der Waals surface area (Å²) >= 11 is 0. The van der Waals surface area contributed by atoms with E-state index in [1.165, 1.54) is 0 Å². The predicted octanol–water partition coefficient (Wildman–Crippen LogP) is 6.70. The number of hydrogen-bond donors (Lipinski definition) is 2. The summed E-state index contributed by atoms with van der Waals surface area (Å²) in [6.45, 7) is 0. The third kappa shape index (κ3) is 3.39. The van der Waals surface area contributed by atoms with Gasteiger partial charge in [-0.15, -0.1) is 0 Å². The summed E-state index contributed by atoms with van der Waals surface area (Å²) in [5.41, 5.74) is 3.15. The van der Waals surface area contributed by atoms with Gasteiger partial charge in [-0.05, 0) is 47.9 Å². The van der Waals surface area contributed by atoms with E-state index in [0.29, 0.717) is 5.69 Å². The Morgan fingerprint density at radius 1 is 0.615 bits per heavy atom. The van der Waals surface area contributed by atoms with E-state index >= 15 is 0 Å². The van der Waals surface area contributed by atoms with E-state index < -0.39 is 0 Å². The van der Waals surface area contributed by atoms with Crippen LogP contribution >= 0.6 is 0 Å². The number of benzene rings is 4. The van der Waals surface area contributed by atoms with Gasteiger partial charge in [0.1, 0.15) is 5.75 Å². The van der Waals surface area contributed by atoms with Crippen LogP contribution in [0.1, 0.15) is 0 Å². The molecule has 0 aliphatic rings. The van der Waals surface area contributed by atoms with Gasteiger partial charge in [-0.1, -0.05) is 48.5 Å². The van der Waals surface area contributed by atoms with Crippen LogP contribution in [-0.2, 0) is 0 Å². The SMILES string of the molecule is Oc1ccc2ccccc2c1Nc1ccc(/N=N/c2ccccc2)cc1. The van der Waals surface area contributed by atoms with Gasteiger partial charge in [-0.2, -0.15) is 10.2 Å². The topological polar surface area (TPSA) is 57.0 Å². The van der Waals surface area contributed by atoms with Crippen LogP contribution in [-0.4, -0.2) is 5.11 Å². The highest BCUT2D eigenvalue weighted by Crippen LogP contribution is 2.35.